The molecule has 0 aromatic heterocycles. The third-order valence-electron chi connectivity index (χ3n) is 2.63. The fourth-order valence-electron chi connectivity index (χ4n) is 1.59. The molecule has 16 heavy (non-hydrogen) atoms. The van der Waals surface area contributed by atoms with Crippen molar-refractivity contribution in [2.75, 3.05) is 6.54 Å². The van der Waals surface area contributed by atoms with Crippen molar-refractivity contribution < 1.29 is 14.7 Å². The number of nitrogens with one attached hydrogen (secondary N) is 2. The smallest absolute Gasteiger partial charge is 0.315 e. The van der Waals surface area contributed by atoms with Crippen LogP contribution in [-0.2, 0) is 4.79 Å². The maximum Gasteiger partial charge on any atom is 0.315 e. The first kappa shape index (κ1) is 12.8. The Hall–Kier alpha value is -1.26. The van der Waals surface area contributed by atoms with Crippen molar-refractivity contribution in [3.8, 4) is 0 Å². The predicted octanol–water partition coefficient (Wildman–Crippen LogP) is 1.34. The van der Waals surface area contributed by atoms with E-state index >= 15 is 0 Å². The summed E-state index contributed by atoms with van der Waals surface area (Å²) in [5.74, 6) is -0.0164. The van der Waals surface area contributed by atoms with Gasteiger partial charge in [-0.3, -0.25) is 4.79 Å². The monoisotopic (exact) mass is 228 g/mol. The molecule has 0 aliphatic heterocycles. The van der Waals surface area contributed by atoms with Crippen molar-refractivity contribution >= 4 is 12.0 Å². The molecule has 1 saturated carbocycles. The van der Waals surface area contributed by atoms with E-state index in [2.05, 4.69) is 10.6 Å². The molecular formula is C11H20N2O3. The lowest BCUT2D eigenvalue weighted by atomic mass is 10.2. The van der Waals surface area contributed by atoms with Gasteiger partial charge in [-0.25, -0.2) is 4.79 Å². The number of aliphatic carboxylic acids is 1. The molecule has 1 aliphatic carbocycles. The molecule has 1 aliphatic rings. The van der Waals surface area contributed by atoms with Gasteiger partial charge in [0.15, 0.2) is 0 Å². The molecule has 3 N–H and O–H groups in total. The number of carbonyl (C=O) groups is 2. The van der Waals surface area contributed by atoms with Gasteiger partial charge in [-0.2, -0.15) is 0 Å². The predicted molar refractivity (Wildman–Crippen MR) is 60.2 cm³/mol. The topological polar surface area (TPSA) is 78.4 Å². The third kappa shape index (κ3) is 6.27. The van der Waals surface area contributed by atoms with Crippen LogP contribution in [0.2, 0.25) is 0 Å². The van der Waals surface area contributed by atoms with Crippen LogP contribution in [0.4, 0.5) is 4.79 Å². The van der Waals surface area contributed by atoms with E-state index in [1.807, 2.05) is 0 Å². The number of amides is 2. The Morgan fingerprint density at radius 1 is 1.44 bits per heavy atom. The summed E-state index contributed by atoms with van der Waals surface area (Å²) in [6.07, 6.45) is 4.82. The Balaban J connectivity index is 1.98. The first-order valence-corrected chi connectivity index (χ1v) is 5.84. The number of rotatable bonds is 7. The number of carboxylic acid groups (broad SMARTS) is 1. The van der Waals surface area contributed by atoms with E-state index in [0.29, 0.717) is 6.54 Å². The molecule has 92 valence electrons. The molecule has 1 atom stereocenters. The molecule has 2 amide bonds. The highest BCUT2D eigenvalue weighted by Gasteiger charge is 2.20. The minimum absolute atomic E-state index is 0.0461. The fraction of sp³-hybridized carbons (Fsp3) is 0.818. The van der Waals surface area contributed by atoms with E-state index in [0.717, 1.165) is 12.3 Å². The Morgan fingerprint density at radius 3 is 2.69 bits per heavy atom. The van der Waals surface area contributed by atoms with E-state index in [4.69, 9.17) is 5.11 Å². The first-order valence-electron chi connectivity index (χ1n) is 5.84. The van der Waals surface area contributed by atoms with Gasteiger partial charge in [0.05, 0.1) is 6.42 Å². The average molecular weight is 228 g/mol. The van der Waals surface area contributed by atoms with Crippen molar-refractivity contribution in [3.63, 3.8) is 0 Å². The summed E-state index contributed by atoms with van der Waals surface area (Å²) in [6, 6.07) is -0.606. The van der Waals surface area contributed by atoms with Gasteiger partial charge >= 0.3 is 12.0 Å². The Kier molecular flexibility index (Phi) is 5.08. The lowest BCUT2D eigenvalue weighted by Gasteiger charge is -2.12. The highest BCUT2D eigenvalue weighted by atomic mass is 16.4. The summed E-state index contributed by atoms with van der Waals surface area (Å²) in [7, 11) is 0. The van der Waals surface area contributed by atoms with Crippen molar-refractivity contribution in [2.45, 2.75) is 45.1 Å². The van der Waals surface area contributed by atoms with E-state index in [9.17, 15) is 9.59 Å². The Labute approximate surface area is 95.6 Å². The standard InChI is InChI=1S/C11H20N2O3/c1-8(7-10(14)15)13-11(16)12-6-2-3-9-4-5-9/h8-9H,2-7H2,1H3,(H,14,15)(H2,12,13,16). The van der Waals surface area contributed by atoms with Gasteiger partial charge in [0.1, 0.15) is 0 Å². The number of carbonyl (C=O) groups excluding carboxylic acids is 1. The maximum absolute atomic E-state index is 11.3. The molecule has 0 saturated heterocycles. The van der Waals surface area contributed by atoms with Gasteiger partial charge in [-0.15, -0.1) is 0 Å². The average Bonchev–Trinajstić information content (AvgIpc) is 2.94. The van der Waals surface area contributed by atoms with Gasteiger partial charge in [0.25, 0.3) is 0 Å². The summed E-state index contributed by atoms with van der Waals surface area (Å²) < 4.78 is 0. The summed E-state index contributed by atoms with van der Waals surface area (Å²) >= 11 is 0. The molecule has 0 heterocycles. The zero-order valence-corrected chi connectivity index (χ0v) is 9.66. The van der Waals surface area contributed by atoms with E-state index in [1.54, 1.807) is 6.92 Å². The second-order valence-electron chi connectivity index (χ2n) is 4.48. The molecule has 5 heteroatoms. The molecule has 5 nitrogen and oxygen atoms in total. The van der Waals surface area contributed by atoms with Crippen LogP contribution >= 0.6 is 0 Å². The van der Waals surface area contributed by atoms with Crippen LogP contribution < -0.4 is 10.6 Å². The second-order valence-corrected chi connectivity index (χ2v) is 4.48. The molecule has 1 unspecified atom stereocenters. The number of carboxylic acids is 1. The minimum Gasteiger partial charge on any atom is -0.481 e. The van der Waals surface area contributed by atoms with Crippen LogP contribution in [0.5, 0.6) is 0 Å². The van der Waals surface area contributed by atoms with Crippen molar-refractivity contribution in [2.24, 2.45) is 5.92 Å². The second kappa shape index (κ2) is 6.35. The van der Waals surface area contributed by atoms with Crippen LogP contribution in [0.3, 0.4) is 0 Å². The van der Waals surface area contributed by atoms with Crippen LogP contribution in [0, 0.1) is 5.92 Å². The normalized spacial score (nSPS) is 16.6. The molecule has 0 bridgehead atoms. The summed E-state index contributed by atoms with van der Waals surface area (Å²) in [6.45, 7) is 2.35. The number of hydrogen-bond acceptors (Lipinski definition) is 2. The molecular weight excluding hydrogens is 208 g/mol. The van der Waals surface area contributed by atoms with E-state index < -0.39 is 5.97 Å². The largest absolute Gasteiger partial charge is 0.481 e. The zero-order chi connectivity index (χ0) is 12.0. The van der Waals surface area contributed by atoms with Crippen molar-refractivity contribution in [3.05, 3.63) is 0 Å². The summed E-state index contributed by atoms with van der Waals surface area (Å²) in [5, 5.41) is 13.8. The van der Waals surface area contributed by atoms with Gasteiger partial charge in [0.2, 0.25) is 0 Å². The van der Waals surface area contributed by atoms with E-state index in [1.165, 1.54) is 19.3 Å². The SMILES string of the molecule is CC(CC(=O)O)NC(=O)NCCCC1CC1. The lowest BCUT2D eigenvalue weighted by molar-refractivity contribution is -0.137. The number of urea groups is 1. The lowest BCUT2D eigenvalue weighted by Crippen LogP contribution is -2.41. The van der Waals surface area contributed by atoms with Crippen LogP contribution in [0.25, 0.3) is 0 Å². The minimum atomic E-state index is -0.901. The van der Waals surface area contributed by atoms with Crippen molar-refractivity contribution in [1.29, 1.82) is 0 Å². The third-order valence-corrected chi connectivity index (χ3v) is 2.63. The quantitative estimate of drug-likeness (QED) is 0.575. The fourth-order valence-corrected chi connectivity index (χ4v) is 1.59. The molecule has 1 fully saturated rings. The van der Waals surface area contributed by atoms with Gasteiger partial charge in [-0.05, 0) is 25.7 Å². The first-order chi connectivity index (χ1) is 7.58. The molecule has 0 radical (unpaired) electrons. The van der Waals surface area contributed by atoms with Crippen LogP contribution in [-0.4, -0.2) is 29.7 Å². The van der Waals surface area contributed by atoms with Crippen molar-refractivity contribution in [1.82, 2.24) is 10.6 Å². The maximum atomic E-state index is 11.3. The summed E-state index contributed by atoms with van der Waals surface area (Å²) in [5.41, 5.74) is 0. The summed E-state index contributed by atoms with van der Waals surface area (Å²) in [4.78, 5) is 21.6. The molecule has 0 aromatic carbocycles. The molecule has 0 spiro atoms. The van der Waals surface area contributed by atoms with Crippen LogP contribution in [0.15, 0.2) is 0 Å². The molecule has 1 rings (SSSR count). The Morgan fingerprint density at radius 2 is 2.12 bits per heavy atom. The van der Waals surface area contributed by atoms with Gasteiger partial charge in [0, 0.05) is 12.6 Å². The van der Waals surface area contributed by atoms with Gasteiger partial charge in [-0.1, -0.05) is 12.8 Å². The zero-order valence-electron chi connectivity index (χ0n) is 9.66. The highest BCUT2D eigenvalue weighted by Crippen LogP contribution is 2.33. The molecule has 0 aromatic rings. The van der Waals surface area contributed by atoms with Crippen LogP contribution in [0.1, 0.15) is 39.0 Å². The van der Waals surface area contributed by atoms with E-state index in [-0.39, 0.29) is 18.5 Å². The number of hydrogen-bond donors (Lipinski definition) is 3. The highest BCUT2D eigenvalue weighted by molar-refractivity contribution is 5.75. The van der Waals surface area contributed by atoms with Gasteiger partial charge < -0.3 is 15.7 Å². The Bertz CT molecular complexity index is 252.